The zero-order valence-electron chi connectivity index (χ0n) is 20.1. The Bertz CT molecular complexity index is 841. The van der Waals surface area contributed by atoms with E-state index in [4.69, 9.17) is 9.47 Å². The first-order chi connectivity index (χ1) is 15.5. The second-order valence-corrected chi connectivity index (χ2v) is 9.47. The number of nitrogens with zero attached hydrogens (tertiary/aromatic N) is 2. The summed E-state index contributed by atoms with van der Waals surface area (Å²) in [5.74, 6) is 1.90. The van der Waals surface area contributed by atoms with E-state index in [0.29, 0.717) is 32.6 Å². The summed E-state index contributed by atoms with van der Waals surface area (Å²) in [6.45, 7) is 10.5. The maximum Gasteiger partial charge on any atom is 0.246 e. The molecule has 2 fully saturated rings. The molecule has 1 spiro atoms. The minimum Gasteiger partial charge on any atom is -0.486 e. The summed E-state index contributed by atoms with van der Waals surface area (Å²) in [6.07, 6.45) is 4.15. The fourth-order valence-corrected chi connectivity index (χ4v) is 5.12. The zero-order valence-corrected chi connectivity index (χ0v) is 20.9. The Morgan fingerprint density at radius 2 is 1.82 bits per heavy atom. The third kappa shape index (κ3) is 5.09. The first-order valence-corrected chi connectivity index (χ1v) is 12.2. The fourth-order valence-electron chi connectivity index (χ4n) is 5.12. The molecular weight excluding hydrogens is 442 g/mol. The van der Waals surface area contributed by atoms with Crippen LogP contribution in [-0.2, 0) is 16.1 Å². The summed E-state index contributed by atoms with van der Waals surface area (Å²) in [6, 6.07) is 5.72. The molecule has 0 bridgehead atoms. The normalized spacial score (nSPS) is 23.1. The molecule has 4 rings (SSSR count). The summed E-state index contributed by atoms with van der Waals surface area (Å²) >= 11 is 0. The Kier molecular flexibility index (Phi) is 8.51. The second-order valence-electron chi connectivity index (χ2n) is 9.47. The molecule has 1 N–H and O–H groups in total. The first kappa shape index (κ1) is 25.6. The van der Waals surface area contributed by atoms with Crippen molar-refractivity contribution in [2.45, 2.75) is 71.0 Å². The van der Waals surface area contributed by atoms with E-state index in [1.54, 1.807) is 0 Å². The lowest BCUT2D eigenvalue weighted by molar-refractivity contribution is -0.162. The van der Waals surface area contributed by atoms with Crippen LogP contribution in [0.4, 0.5) is 0 Å². The van der Waals surface area contributed by atoms with Crippen molar-refractivity contribution >= 4 is 24.2 Å². The van der Waals surface area contributed by atoms with Crippen molar-refractivity contribution in [3.63, 3.8) is 0 Å². The van der Waals surface area contributed by atoms with Gasteiger partial charge in [-0.25, -0.2) is 0 Å². The Morgan fingerprint density at radius 3 is 2.48 bits per heavy atom. The quantitative estimate of drug-likeness (QED) is 0.649. The molecule has 0 saturated carbocycles. The van der Waals surface area contributed by atoms with Gasteiger partial charge in [-0.2, -0.15) is 0 Å². The number of fused-ring (bicyclic) bond motifs is 1. The Hall–Kier alpha value is -1.99. The molecule has 0 aromatic heterocycles. The molecule has 3 heterocycles. The molecule has 8 heteroatoms. The summed E-state index contributed by atoms with van der Waals surface area (Å²) in [7, 11) is 0. The number of likely N-dealkylation sites (tertiary alicyclic amines) is 1. The smallest absolute Gasteiger partial charge is 0.246 e. The molecule has 0 radical (unpaired) electrons. The number of ether oxygens (including phenoxy) is 2. The minimum atomic E-state index is -0.709. The van der Waals surface area contributed by atoms with Crippen LogP contribution in [0.15, 0.2) is 18.2 Å². The third-order valence-electron chi connectivity index (χ3n) is 7.40. The molecule has 3 aliphatic rings. The fraction of sp³-hybridized carbons (Fsp3) is 0.680. The van der Waals surface area contributed by atoms with Gasteiger partial charge in [0.15, 0.2) is 11.5 Å². The lowest BCUT2D eigenvalue weighted by Gasteiger charge is -2.52. The lowest BCUT2D eigenvalue weighted by atomic mass is 9.80. The first-order valence-electron chi connectivity index (χ1n) is 12.2. The highest BCUT2D eigenvalue weighted by Crippen LogP contribution is 2.36. The molecule has 184 valence electrons. The van der Waals surface area contributed by atoms with Crippen LogP contribution in [0.2, 0.25) is 0 Å². The van der Waals surface area contributed by atoms with Crippen LogP contribution in [-0.4, -0.2) is 66.0 Å². The number of piperidine rings is 1. The zero-order chi connectivity index (χ0) is 22.7. The van der Waals surface area contributed by atoms with Crippen molar-refractivity contribution in [3.8, 4) is 11.5 Å². The third-order valence-corrected chi connectivity index (χ3v) is 7.40. The van der Waals surface area contributed by atoms with Gasteiger partial charge in [0.2, 0.25) is 11.8 Å². The SMILES string of the molecule is CCCCN1C(=O)[C@@H](C(C)CC)NC(=O)C12CCN(Cc1ccc3c(c1)OCCO3)CC2.Cl. The summed E-state index contributed by atoms with van der Waals surface area (Å²) in [5.41, 5.74) is 0.466. The average Bonchev–Trinajstić information content (AvgIpc) is 2.82. The highest BCUT2D eigenvalue weighted by atomic mass is 35.5. The van der Waals surface area contributed by atoms with Crippen molar-refractivity contribution in [2.24, 2.45) is 5.92 Å². The number of rotatable bonds is 7. The standard InChI is InChI=1S/C25H37N3O4.ClH/c1-4-6-11-28-23(29)22(18(3)5-2)26-24(30)25(28)9-12-27(13-10-25)17-19-7-8-20-21(16-19)32-15-14-31-20;/h7-8,16,18,22H,4-6,9-15,17H2,1-3H3,(H,26,30);1H/t18?,22-;/m1./s1. The van der Waals surface area contributed by atoms with Gasteiger partial charge in [-0.1, -0.05) is 39.7 Å². The van der Waals surface area contributed by atoms with Crippen LogP contribution in [0.5, 0.6) is 11.5 Å². The van der Waals surface area contributed by atoms with Crippen LogP contribution in [0.3, 0.4) is 0 Å². The van der Waals surface area contributed by atoms with Crippen LogP contribution < -0.4 is 14.8 Å². The van der Waals surface area contributed by atoms with Gasteiger partial charge >= 0.3 is 0 Å². The summed E-state index contributed by atoms with van der Waals surface area (Å²) < 4.78 is 11.3. The van der Waals surface area contributed by atoms with Gasteiger partial charge in [0.05, 0.1) is 0 Å². The van der Waals surface area contributed by atoms with E-state index in [1.165, 1.54) is 5.56 Å². The number of benzene rings is 1. The molecule has 2 saturated heterocycles. The van der Waals surface area contributed by atoms with E-state index in [-0.39, 0.29) is 30.1 Å². The molecule has 33 heavy (non-hydrogen) atoms. The lowest BCUT2D eigenvalue weighted by Crippen LogP contribution is -2.73. The average molecular weight is 480 g/mol. The van der Waals surface area contributed by atoms with Gasteiger partial charge in [0.1, 0.15) is 24.8 Å². The molecule has 3 aliphatic heterocycles. The molecular formula is C25H38ClN3O4. The van der Waals surface area contributed by atoms with Crippen LogP contribution in [0.1, 0.15) is 58.4 Å². The largest absolute Gasteiger partial charge is 0.486 e. The topological polar surface area (TPSA) is 71.1 Å². The van der Waals surface area contributed by atoms with Crippen LogP contribution >= 0.6 is 12.4 Å². The van der Waals surface area contributed by atoms with Gasteiger partial charge in [-0.05, 0) is 42.9 Å². The predicted molar refractivity (Wildman–Crippen MR) is 130 cm³/mol. The van der Waals surface area contributed by atoms with E-state index < -0.39 is 11.6 Å². The molecule has 1 aromatic rings. The van der Waals surface area contributed by atoms with Crippen LogP contribution in [0.25, 0.3) is 0 Å². The Morgan fingerprint density at radius 1 is 1.12 bits per heavy atom. The number of piperazine rings is 1. The number of hydrogen-bond donors (Lipinski definition) is 1. The monoisotopic (exact) mass is 479 g/mol. The van der Waals surface area contributed by atoms with E-state index in [2.05, 4.69) is 43.1 Å². The van der Waals surface area contributed by atoms with Gasteiger partial charge in [-0.15, -0.1) is 12.4 Å². The van der Waals surface area contributed by atoms with Crippen molar-refractivity contribution in [2.75, 3.05) is 32.8 Å². The molecule has 7 nitrogen and oxygen atoms in total. The van der Waals surface area contributed by atoms with Gasteiger partial charge in [0.25, 0.3) is 0 Å². The number of amides is 2. The van der Waals surface area contributed by atoms with E-state index in [9.17, 15) is 9.59 Å². The number of hydrogen-bond acceptors (Lipinski definition) is 5. The number of carbonyl (C=O) groups is 2. The maximum atomic E-state index is 13.4. The van der Waals surface area contributed by atoms with Gasteiger partial charge in [0, 0.05) is 26.2 Å². The van der Waals surface area contributed by atoms with Crippen molar-refractivity contribution in [3.05, 3.63) is 23.8 Å². The number of carbonyl (C=O) groups excluding carboxylic acids is 2. The Labute approximate surface area is 203 Å². The van der Waals surface area contributed by atoms with Crippen molar-refractivity contribution in [1.82, 2.24) is 15.1 Å². The summed E-state index contributed by atoms with van der Waals surface area (Å²) in [5, 5.41) is 3.10. The Balaban J connectivity index is 0.00000306. The van der Waals surface area contributed by atoms with E-state index >= 15 is 0 Å². The van der Waals surface area contributed by atoms with Gasteiger partial charge < -0.3 is 19.7 Å². The molecule has 1 aromatic carbocycles. The minimum absolute atomic E-state index is 0. The predicted octanol–water partition coefficient (Wildman–Crippen LogP) is 3.39. The van der Waals surface area contributed by atoms with E-state index in [1.807, 2.05) is 11.0 Å². The maximum absolute atomic E-state index is 13.4. The number of halogens is 1. The second kappa shape index (κ2) is 11.0. The molecule has 2 amide bonds. The van der Waals surface area contributed by atoms with E-state index in [0.717, 1.165) is 50.4 Å². The number of nitrogens with one attached hydrogen (secondary N) is 1. The number of unbranched alkanes of at least 4 members (excludes halogenated alkanes) is 1. The van der Waals surface area contributed by atoms with Crippen molar-refractivity contribution < 1.29 is 19.1 Å². The van der Waals surface area contributed by atoms with Crippen LogP contribution in [0, 0.1) is 5.92 Å². The summed E-state index contributed by atoms with van der Waals surface area (Å²) in [4.78, 5) is 31.1. The van der Waals surface area contributed by atoms with Crippen molar-refractivity contribution in [1.29, 1.82) is 0 Å². The highest BCUT2D eigenvalue weighted by molar-refractivity contribution is 6.00. The highest BCUT2D eigenvalue weighted by Gasteiger charge is 2.53. The molecule has 1 unspecified atom stereocenters. The molecule has 0 aliphatic carbocycles. The van der Waals surface area contributed by atoms with Gasteiger partial charge in [-0.3, -0.25) is 14.5 Å². The molecule has 2 atom stereocenters.